The molecule has 7 aromatic carbocycles. The van der Waals surface area contributed by atoms with Crippen molar-refractivity contribution in [3.63, 3.8) is 0 Å². The van der Waals surface area contributed by atoms with Crippen LogP contribution < -0.4 is 9.47 Å². The van der Waals surface area contributed by atoms with Crippen LogP contribution in [0.3, 0.4) is 0 Å². The maximum atomic E-state index is 7.53. The van der Waals surface area contributed by atoms with Crippen molar-refractivity contribution in [2.45, 2.75) is 31.8 Å². The molecule has 2 heteroatoms. The predicted octanol–water partition coefficient (Wildman–Crippen LogP) is 11.1. The van der Waals surface area contributed by atoms with Crippen molar-refractivity contribution in [3.8, 4) is 22.6 Å². The first-order valence-electron chi connectivity index (χ1n) is 16.0. The standard InChI is InChI=1S/C44H34O2/c1-27-13-21-37-39(25-27)43(2,3)41-38-23-24-44(30-16-19-32(45-4)20-17-30,46-42(38)36-12-8-7-11-35(36)40(37)41)31-18-22-34-29(26-31)15-14-28-9-5-6-10-33(28)34/h5-26H,1-4H3. The van der Waals surface area contributed by atoms with Gasteiger partial charge in [0.25, 0.3) is 0 Å². The van der Waals surface area contributed by atoms with Crippen molar-refractivity contribution in [1.29, 1.82) is 0 Å². The summed E-state index contributed by atoms with van der Waals surface area (Å²) >= 11 is 0. The molecule has 0 saturated heterocycles. The van der Waals surface area contributed by atoms with Crippen LogP contribution >= 0.6 is 0 Å². The highest BCUT2D eigenvalue weighted by Gasteiger charge is 2.44. The molecule has 1 atom stereocenters. The van der Waals surface area contributed by atoms with Gasteiger partial charge in [-0.15, -0.1) is 0 Å². The Bertz CT molecular complexity index is 2410. The Morgan fingerprint density at radius 1 is 0.630 bits per heavy atom. The fraction of sp³-hybridized carbons (Fsp3) is 0.136. The van der Waals surface area contributed by atoms with E-state index in [0.29, 0.717) is 0 Å². The van der Waals surface area contributed by atoms with E-state index < -0.39 is 5.60 Å². The van der Waals surface area contributed by atoms with Gasteiger partial charge in [-0.3, -0.25) is 0 Å². The Balaban J connectivity index is 1.33. The maximum absolute atomic E-state index is 7.53. The Morgan fingerprint density at radius 3 is 2.13 bits per heavy atom. The summed E-state index contributed by atoms with van der Waals surface area (Å²) in [5, 5.41) is 7.30. The van der Waals surface area contributed by atoms with Crippen LogP contribution in [-0.2, 0) is 11.0 Å². The van der Waals surface area contributed by atoms with E-state index in [0.717, 1.165) is 28.0 Å². The quantitative estimate of drug-likeness (QED) is 0.190. The lowest BCUT2D eigenvalue weighted by molar-refractivity contribution is 0.163. The van der Waals surface area contributed by atoms with E-state index in [1.807, 2.05) is 12.1 Å². The van der Waals surface area contributed by atoms with Crippen molar-refractivity contribution in [2.75, 3.05) is 7.11 Å². The molecule has 0 amide bonds. The molecule has 46 heavy (non-hydrogen) atoms. The van der Waals surface area contributed by atoms with Crippen LogP contribution in [0.25, 0.3) is 49.5 Å². The van der Waals surface area contributed by atoms with Crippen LogP contribution in [0, 0.1) is 6.92 Å². The van der Waals surface area contributed by atoms with Crippen molar-refractivity contribution >= 4 is 38.4 Å². The summed E-state index contributed by atoms with van der Waals surface area (Å²) in [6.07, 6.45) is 4.61. The minimum Gasteiger partial charge on any atom is -0.497 e. The van der Waals surface area contributed by atoms with E-state index in [4.69, 9.17) is 9.47 Å². The van der Waals surface area contributed by atoms with Gasteiger partial charge in [-0.1, -0.05) is 129 Å². The number of hydrogen-bond donors (Lipinski definition) is 0. The van der Waals surface area contributed by atoms with Gasteiger partial charge in [0, 0.05) is 27.5 Å². The highest BCUT2D eigenvalue weighted by molar-refractivity contribution is 6.09. The van der Waals surface area contributed by atoms with Gasteiger partial charge in [0.05, 0.1) is 7.11 Å². The summed E-state index contributed by atoms with van der Waals surface area (Å²) in [5.41, 5.74) is 8.95. The van der Waals surface area contributed by atoms with E-state index in [2.05, 4.69) is 142 Å². The molecule has 2 aliphatic rings. The summed E-state index contributed by atoms with van der Waals surface area (Å²) in [6.45, 7) is 6.91. The van der Waals surface area contributed by atoms with Crippen molar-refractivity contribution in [3.05, 3.63) is 161 Å². The maximum Gasteiger partial charge on any atom is 0.178 e. The van der Waals surface area contributed by atoms with Crippen LogP contribution in [0.2, 0.25) is 0 Å². The third-order valence-electron chi connectivity index (χ3n) is 10.4. The SMILES string of the molecule is COc1ccc(C2(c3ccc4c(ccc5ccccc54)c3)C=Cc3c4c(c5ccccc5c3O2)-c2ccc(C)cc2C4(C)C)cc1. The average Bonchev–Trinajstić information content (AvgIpc) is 3.33. The molecular formula is C44H34O2. The van der Waals surface area contributed by atoms with Crippen LogP contribution in [0.15, 0.2) is 127 Å². The molecule has 0 spiro atoms. The zero-order chi connectivity index (χ0) is 31.2. The van der Waals surface area contributed by atoms with Crippen LogP contribution in [0.1, 0.15) is 47.2 Å². The molecule has 1 unspecified atom stereocenters. The molecule has 1 heterocycles. The first-order valence-corrected chi connectivity index (χ1v) is 16.0. The van der Waals surface area contributed by atoms with Gasteiger partial charge in [-0.2, -0.15) is 0 Å². The zero-order valence-corrected chi connectivity index (χ0v) is 26.5. The second-order valence-electron chi connectivity index (χ2n) is 13.3. The summed E-state index contributed by atoms with van der Waals surface area (Å²) in [7, 11) is 1.71. The van der Waals surface area contributed by atoms with Gasteiger partial charge < -0.3 is 9.47 Å². The molecule has 0 saturated carbocycles. The Labute approximate surface area is 269 Å². The highest BCUT2D eigenvalue weighted by atomic mass is 16.5. The molecular weight excluding hydrogens is 560 g/mol. The summed E-state index contributed by atoms with van der Waals surface area (Å²) in [4.78, 5) is 0. The summed E-state index contributed by atoms with van der Waals surface area (Å²) < 4.78 is 13.1. The monoisotopic (exact) mass is 594 g/mol. The molecule has 0 fully saturated rings. The molecule has 0 radical (unpaired) electrons. The molecule has 0 bridgehead atoms. The van der Waals surface area contributed by atoms with Crippen molar-refractivity contribution < 1.29 is 9.47 Å². The van der Waals surface area contributed by atoms with Gasteiger partial charge >= 0.3 is 0 Å². The molecule has 9 rings (SSSR count). The average molecular weight is 595 g/mol. The first kappa shape index (κ1) is 27.0. The number of fused-ring (bicyclic) bond motifs is 11. The fourth-order valence-electron chi connectivity index (χ4n) is 8.11. The summed E-state index contributed by atoms with van der Waals surface area (Å²) in [6, 6.07) is 43.8. The number of aryl methyl sites for hydroxylation is 1. The number of methoxy groups -OCH3 is 1. The number of benzene rings is 7. The summed E-state index contributed by atoms with van der Waals surface area (Å²) in [5.74, 6) is 1.76. The third kappa shape index (κ3) is 3.64. The minimum absolute atomic E-state index is 0.178. The third-order valence-corrected chi connectivity index (χ3v) is 10.4. The number of hydrogen-bond acceptors (Lipinski definition) is 2. The molecule has 1 aliphatic heterocycles. The van der Waals surface area contributed by atoms with E-state index in [1.54, 1.807) is 7.11 Å². The predicted molar refractivity (Wildman–Crippen MR) is 191 cm³/mol. The first-order chi connectivity index (χ1) is 22.4. The van der Waals surface area contributed by atoms with E-state index in [9.17, 15) is 0 Å². The van der Waals surface area contributed by atoms with Crippen LogP contribution in [0.5, 0.6) is 11.5 Å². The van der Waals surface area contributed by atoms with E-state index >= 15 is 0 Å². The van der Waals surface area contributed by atoms with Crippen LogP contribution in [-0.4, -0.2) is 7.11 Å². The lowest BCUT2D eigenvalue weighted by atomic mass is 9.76. The fourth-order valence-corrected chi connectivity index (χ4v) is 8.11. The van der Waals surface area contributed by atoms with Crippen molar-refractivity contribution in [1.82, 2.24) is 0 Å². The molecule has 0 aromatic heterocycles. The second-order valence-corrected chi connectivity index (χ2v) is 13.3. The Hall–Kier alpha value is -5.34. The van der Waals surface area contributed by atoms with Gasteiger partial charge in [-0.05, 0) is 80.4 Å². The molecule has 1 aliphatic carbocycles. The zero-order valence-electron chi connectivity index (χ0n) is 26.5. The lowest BCUT2D eigenvalue weighted by Crippen LogP contribution is -2.35. The number of ether oxygens (including phenoxy) is 2. The van der Waals surface area contributed by atoms with Gasteiger partial charge in [0.15, 0.2) is 5.60 Å². The Morgan fingerprint density at radius 2 is 1.33 bits per heavy atom. The van der Waals surface area contributed by atoms with Crippen molar-refractivity contribution in [2.24, 2.45) is 0 Å². The van der Waals surface area contributed by atoms with E-state index in [1.165, 1.54) is 60.3 Å². The number of rotatable bonds is 3. The van der Waals surface area contributed by atoms with E-state index in [-0.39, 0.29) is 5.41 Å². The largest absolute Gasteiger partial charge is 0.497 e. The van der Waals surface area contributed by atoms with Gasteiger partial charge in [0.1, 0.15) is 11.5 Å². The van der Waals surface area contributed by atoms with Crippen LogP contribution in [0.4, 0.5) is 0 Å². The van der Waals surface area contributed by atoms with Gasteiger partial charge in [-0.25, -0.2) is 0 Å². The normalized spacial score (nSPS) is 17.5. The van der Waals surface area contributed by atoms with Gasteiger partial charge in [0.2, 0.25) is 0 Å². The molecule has 7 aromatic rings. The highest BCUT2D eigenvalue weighted by Crippen LogP contribution is 2.58. The molecule has 2 nitrogen and oxygen atoms in total. The smallest absolute Gasteiger partial charge is 0.178 e. The second kappa shape index (κ2) is 9.58. The topological polar surface area (TPSA) is 18.5 Å². The minimum atomic E-state index is -0.845. The lowest BCUT2D eigenvalue weighted by Gasteiger charge is -2.38. The molecule has 0 N–H and O–H groups in total. The Kier molecular flexibility index (Phi) is 5.63. The molecule has 222 valence electrons.